The van der Waals surface area contributed by atoms with E-state index in [1.807, 2.05) is 20.8 Å². The molecule has 0 aliphatic heterocycles. The summed E-state index contributed by atoms with van der Waals surface area (Å²) in [4.78, 5) is 3.32. The Hall–Kier alpha value is -0.413. The summed E-state index contributed by atoms with van der Waals surface area (Å²) in [5.74, 6) is 0. The van der Waals surface area contributed by atoms with Crippen molar-refractivity contribution in [1.82, 2.24) is 0 Å². The Kier molecular flexibility index (Phi) is 8.62. The lowest BCUT2D eigenvalue weighted by Crippen LogP contribution is -2.46. The van der Waals surface area contributed by atoms with E-state index in [1.165, 1.54) is 0 Å². The maximum atomic E-state index is 6.73. The van der Waals surface area contributed by atoms with Crippen molar-refractivity contribution in [3.8, 4) is 0 Å². The summed E-state index contributed by atoms with van der Waals surface area (Å²) in [6.07, 6.45) is 0.787. The van der Waals surface area contributed by atoms with E-state index in [9.17, 15) is 0 Å². The smallest absolute Gasteiger partial charge is 0.374 e. The van der Waals surface area contributed by atoms with Crippen LogP contribution >= 0.6 is 0 Å². The first-order valence-electron chi connectivity index (χ1n) is 5.49. The molecule has 0 saturated heterocycles. The van der Waals surface area contributed by atoms with Gasteiger partial charge >= 0.3 is 8.80 Å². The lowest BCUT2D eigenvalue weighted by Gasteiger charge is -2.27. The summed E-state index contributed by atoms with van der Waals surface area (Å²) in [5, 5.41) is 0. The van der Waals surface area contributed by atoms with Gasteiger partial charge in [0.25, 0.3) is 0 Å². The Morgan fingerprint density at radius 1 is 1.00 bits per heavy atom. The van der Waals surface area contributed by atoms with Crippen molar-refractivity contribution in [3.63, 3.8) is 0 Å². The van der Waals surface area contributed by atoms with E-state index in [4.69, 9.17) is 19.9 Å². The zero-order chi connectivity index (χ0) is 11.6. The van der Waals surface area contributed by atoms with Gasteiger partial charge < -0.3 is 18.1 Å². The molecule has 0 unspecified atom stereocenters. The molecule has 88 valence electrons. The van der Waals surface area contributed by atoms with Gasteiger partial charge in [-0.3, -0.25) is 0 Å². The van der Waals surface area contributed by atoms with Crippen molar-refractivity contribution < 1.29 is 13.3 Å². The summed E-state index contributed by atoms with van der Waals surface area (Å²) in [6.45, 7) is 14.9. The van der Waals surface area contributed by atoms with Crippen LogP contribution in [0.2, 0.25) is 6.04 Å². The van der Waals surface area contributed by atoms with Gasteiger partial charge in [0.1, 0.15) is 0 Å². The Morgan fingerprint density at radius 2 is 1.47 bits per heavy atom. The van der Waals surface area contributed by atoms with Gasteiger partial charge in [0, 0.05) is 32.3 Å². The molecule has 0 aromatic heterocycles. The predicted molar refractivity (Wildman–Crippen MR) is 61.5 cm³/mol. The van der Waals surface area contributed by atoms with Crippen LogP contribution in [0.4, 0.5) is 0 Å². The number of nitrogens with zero attached hydrogens (tertiary/aromatic N) is 1. The van der Waals surface area contributed by atoms with Crippen LogP contribution in [0.1, 0.15) is 27.2 Å². The highest BCUT2D eigenvalue weighted by Crippen LogP contribution is 2.18. The van der Waals surface area contributed by atoms with Crippen molar-refractivity contribution in [2.75, 3.05) is 26.4 Å². The van der Waals surface area contributed by atoms with Crippen LogP contribution in [0.25, 0.3) is 4.85 Å². The molecule has 0 aromatic carbocycles. The maximum absolute atomic E-state index is 6.73. The second kappa shape index (κ2) is 8.86. The minimum Gasteiger partial charge on any atom is -0.374 e. The third-order valence-corrected chi connectivity index (χ3v) is 5.00. The fraction of sp³-hybridized carbons (Fsp3) is 0.900. The summed E-state index contributed by atoms with van der Waals surface area (Å²) >= 11 is 0. The third kappa shape index (κ3) is 5.90. The van der Waals surface area contributed by atoms with Crippen LogP contribution in [0.15, 0.2) is 0 Å². The second-order valence-electron chi connectivity index (χ2n) is 2.97. The topological polar surface area (TPSA) is 32.0 Å². The third-order valence-electron chi connectivity index (χ3n) is 1.85. The van der Waals surface area contributed by atoms with Crippen LogP contribution in [0.3, 0.4) is 0 Å². The molecule has 0 bridgehead atoms. The molecule has 0 saturated carbocycles. The van der Waals surface area contributed by atoms with E-state index in [0.717, 1.165) is 12.5 Å². The molecule has 0 aliphatic rings. The first-order valence-corrected chi connectivity index (χ1v) is 7.42. The lowest BCUT2D eigenvalue weighted by atomic mass is 10.5. The predicted octanol–water partition coefficient (Wildman–Crippen LogP) is 2.34. The van der Waals surface area contributed by atoms with Crippen molar-refractivity contribution >= 4 is 8.80 Å². The van der Waals surface area contributed by atoms with Crippen LogP contribution in [0.5, 0.6) is 0 Å². The fourth-order valence-electron chi connectivity index (χ4n) is 1.38. The molecule has 0 spiro atoms. The lowest BCUT2D eigenvalue weighted by molar-refractivity contribution is 0.0711. The van der Waals surface area contributed by atoms with E-state index in [-0.39, 0.29) is 0 Å². The Morgan fingerprint density at radius 3 is 1.80 bits per heavy atom. The fourth-order valence-corrected chi connectivity index (χ4v) is 3.97. The molecule has 0 rings (SSSR count). The van der Waals surface area contributed by atoms with Gasteiger partial charge in [-0.05, 0) is 20.8 Å². The van der Waals surface area contributed by atoms with Crippen LogP contribution < -0.4 is 0 Å². The Balaban J connectivity index is 4.25. The summed E-state index contributed by atoms with van der Waals surface area (Å²) in [7, 11) is -2.48. The van der Waals surface area contributed by atoms with Crippen LogP contribution in [-0.2, 0) is 13.3 Å². The first kappa shape index (κ1) is 14.6. The van der Waals surface area contributed by atoms with Crippen molar-refractivity contribution in [3.05, 3.63) is 11.4 Å². The molecule has 0 heterocycles. The normalized spacial score (nSPS) is 11.3. The van der Waals surface area contributed by atoms with Gasteiger partial charge in [-0.15, -0.1) is 0 Å². The Bertz CT molecular complexity index is 177. The molecule has 0 fully saturated rings. The zero-order valence-corrected chi connectivity index (χ0v) is 10.9. The van der Waals surface area contributed by atoms with E-state index in [0.29, 0.717) is 26.4 Å². The van der Waals surface area contributed by atoms with Gasteiger partial charge in [-0.2, -0.15) is 0 Å². The highest BCUT2D eigenvalue weighted by Gasteiger charge is 2.39. The monoisotopic (exact) mass is 231 g/mol. The molecule has 0 radical (unpaired) electrons. The minimum absolute atomic E-state index is 0.516. The van der Waals surface area contributed by atoms with Crippen molar-refractivity contribution in [1.29, 1.82) is 0 Å². The zero-order valence-electron chi connectivity index (χ0n) is 9.91. The average Bonchev–Trinajstić information content (AvgIpc) is 2.19. The van der Waals surface area contributed by atoms with Gasteiger partial charge in [0.2, 0.25) is 6.54 Å². The van der Waals surface area contributed by atoms with Gasteiger partial charge in [-0.1, -0.05) is 0 Å². The van der Waals surface area contributed by atoms with E-state index in [1.54, 1.807) is 0 Å². The molecule has 15 heavy (non-hydrogen) atoms. The molecule has 5 heteroatoms. The largest absolute Gasteiger partial charge is 0.501 e. The molecular weight excluding hydrogens is 210 g/mol. The van der Waals surface area contributed by atoms with Crippen molar-refractivity contribution in [2.24, 2.45) is 0 Å². The van der Waals surface area contributed by atoms with Gasteiger partial charge in [0.05, 0.1) is 0 Å². The van der Waals surface area contributed by atoms with Crippen LogP contribution in [-0.4, -0.2) is 35.2 Å². The molecule has 0 aromatic rings. The average molecular weight is 231 g/mol. The standard InChI is InChI=1S/C10H21NO3Si/c1-5-12-15(13-6-2,14-7-3)10-8-9-11-4/h5-10H2,1-3H3. The second-order valence-corrected chi connectivity index (χ2v) is 5.70. The molecular formula is C10H21NO3Si. The maximum Gasteiger partial charge on any atom is 0.501 e. The number of hydrogen-bond acceptors (Lipinski definition) is 3. The number of hydrogen-bond donors (Lipinski definition) is 0. The molecule has 0 amide bonds. The van der Waals surface area contributed by atoms with E-state index < -0.39 is 8.80 Å². The Labute approximate surface area is 93.7 Å². The summed E-state index contributed by atoms with van der Waals surface area (Å²) in [6, 6.07) is 0.741. The molecule has 0 aliphatic carbocycles. The van der Waals surface area contributed by atoms with E-state index in [2.05, 4.69) is 4.85 Å². The highest BCUT2D eigenvalue weighted by molar-refractivity contribution is 6.60. The van der Waals surface area contributed by atoms with E-state index >= 15 is 0 Å². The van der Waals surface area contributed by atoms with Gasteiger partial charge in [-0.25, -0.2) is 6.57 Å². The van der Waals surface area contributed by atoms with Crippen LogP contribution in [0, 0.1) is 6.57 Å². The number of rotatable bonds is 9. The first-order chi connectivity index (χ1) is 7.24. The summed E-state index contributed by atoms with van der Waals surface area (Å²) < 4.78 is 16.9. The van der Waals surface area contributed by atoms with Gasteiger partial charge in [0.15, 0.2) is 0 Å². The molecule has 4 nitrogen and oxygen atoms in total. The van der Waals surface area contributed by atoms with Crippen molar-refractivity contribution in [2.45, 2.75) is 33.2 Å². The quantitative estimate of drug-likeness (QED) is 0.347. The minimum atomic E-state index is -2.48. The SMILES string of the molecule is [C-]#[N+]CCC[Si](OCC)(OCC)OCC. The molecule has 0 N–H and O–H groups in total. The summed E-state index contributed by atoms with van der Waals surface area (Å²) in [5.41, 5.74) is 0. The highest BCUT2D eigenvalue weighted by atomic mass is 28.4. The molecule has 0 atom stereocenters.